The number of carboxylic acids is 1. The molecule has 0 spiro atoms. The number of ether oxygens (including phenoxy) is 1. The number of primary amides is 1. The molecule has 0 saturated carbocycles. The summed E-state index contributed by atoms with van der Waals surface area (Å²) in [6, 6.07) is -2.27. The second-order valence-electron chi connectivity index (χ2n) is 4.38. The van der Waals surface area contributed by atoms with E-state index < -0.39 is 30.0 Å². The fourth-order valence-corrected chi connectivity index (χ4v) is 2.03. The molecule has 0 aromatic heterocycles. The molecule has 0 aliphatic carbocycles. The summed E-state index contributed by atoms with van der Waals surface area (Å²) in [6.07, 6.45) is 1.35. The lowest BCUT2D eigenvalue weighted by molar-refractivity contribution is -0.139. The highest BCUT2D eigenvalue weighted by molar-refractivity contribution is 5.88. The van der Waals surface area contributed by atoms with Gasteiger partial charge in [0.2, 0.25) is 5.91 Å². The Hall–Kier alpha value is -1.83. The van der Waals surface area contributed by atoms with Crippen LogP contribution in [0.25, 0.3) is 0 Å². The fourth-order valence-electron chi connectivity index (χ4n) is 2.03. The molecule has 8 nitrogen and oxygen atoms in total. The number of nitrogens with two attached hydrogens (primary N) is 1. The first kappa shape index (κ1) is 15.2. The van der Waals surface area contributed by atoms with Gasteiger partial charge >= 0.3 is 12.0 Å². The number of hydrogen-bond acceptors (Lipinski definition) is 4. The Labute approximate surface area is 110 Å². The molecular formula is C11H19N3O5. The zero-order chi connectivity index (χ0) is 14.4. The van der Waals surface area contributed by atoms with Gasteiger partial charge in [0.25, 0.3) is 0 Å². The van der Waals surface area contributed by atoms with E-state index in [4.69, 9.17) is 15.6 Å². The third kappa shape index (κ3) is 4.09. The molecule has 1 aliphatic rings. The third-order valence-electron chi connectivity index (χ3n) is 3.05. The fraction of sp³-hybridized carbons (Fsp3) is 0.727. The highest BCUT2D eigenvalue weighted by atomic mass is 16.5. The monoisotopic (exact) mass is 273 g/mol. The maximum atomic E-state index is 11.9. The van der Waals surface area contributed by atoms with Crippen LogP contribution in [0.4, 0.5) is 4.79 Å². The second kappa shape index (κ2) is 6.93. The Morgan fingerprint density at radius 1 is 1.53 bits per heavy atom. The molecule has 1 rings (SSSR count). The Morgan fingerprint density at radius 2 is 2.21 bits per heavy atom. The predicted molar refractivity (Wildman–Crippen MR) is 65.4 cm³/mol. The summed E-state index contributed by atoms with van der Waals surface area (Å²) in [5.74, 6) is -1.71. The van der Waals surface area contributed by atoms with Crippen molar-refractivity contribution < 1.29 is 24.2 Å². The number of carbonyl (C=O) groups is 3. The molecule has 1 saturated heterocycles. The summed E-state index contributed by atoms with van der Waals surface area (Å²) in [7, 11) is 1.45. The third-order valence-corrected chi connectivity index (χ3v) is 3.05. The van der Waals surface area contributed by atoms with E-state index in [1.807, 2.05) is 0 Å². The minimum Gasteiger partial charge on any atom is -0.480 e. The van der Waals surface area contributed by atoms with E-state index >= 15 is 0 Å². The Balaban J connectivity index is 2.60. The minimum absolute atomic E-state index is 0.159. The van der Waals surface area contributed by atoms with Gasteiger partial charge < -0.3 is 25.8 Å². The minimum atomic E-state index is -1.14. The number of hydrogen-bond donors (Lipinski definition) is 3. The van der Waals surface area contributed by atoms with Gasteiger partial charge in [0.05, 0.1) is 0 Å². The first-order chi connectivity index (χ1) is 8.97. The smallest absolute Gasteiger partial charge is 0.326 e. The summed E-state index contributed by atoms with van der Waals surface area (Å²) in [6.45, 7) is 0.618. The lowest BCUT2D eigenvalue weighted by Gasteiger charge is -2.24. The standard InChI is InChI=1S/C11H19N3O5/c1-19-6-4-7(10(16)17)13-11(18)14-5-2-3-8(14)9(12)15/h7-8H,2-6H2,1H3,(H2,12,15)(H,13,18)(H,16,17). The van der Waals surface area contributed by atoms with Crippen molar-refractivity contribution in [3.05, 3.63) is 0 Å². The highest BCUT2D eigenvalue weighted by Gasteiger charge is 2.34. The second-order valence-corrected chi connectivity index (χ2v) is 4.38. The molecule has 1 heterocycles. The number of urea groups is 1. The maximum Gasteiger partial charge on any atom is 0.326 e. The average molecular weight is 273 g/mol. The van der Waals surface area contributed by atoms with Crippen molar-refractivity contribution in [2.45, 2.75) is 31.3 Å². The molecular weight excluding hydrogens is 254 g/mol. The SMILES string of the molecule is COCCC(NC(=O)N1CCCC1C(N)=O)C(=O)O. The van der Waals surface area contributed by atoms with Gasteiger partial charge in [-0.05, 0) is 12.8 Å². The molecule has 0 aromatic carbocycles. The van der Waals surface area contributed by atoms with Crippen molar-refractivity contribution in [2.75, 3.05) is 20.3 Å². The topological polar surface area (TPSA) is 122 Å². The van der Waals surface area contributed by atoms with Crippen LogP contribution in [0.1, 0.15) is 19.3 Å². The van der Waals surface area contributed by atoms with Crippen molar-refractivity contribution in [1.82, 2.24) is 10.2 Å². The largest absolute Gasteiger partial charge is 0.480 e. The van der Waals surface area contributed by atoms with Gasteiger partial charge in [0.15, 0.2) is 0 Å². The summed E-state index contributed by atoms with van der Waals surface area (Å²) < 4.78 is 4.79. The van der Waals surface area contributed by atoms with E-state index in [1.54, 1.807) is 0 Å². The molecule has 4 N–H and O–H groups in total. The van der Waals surface area contributed by atoms with Gasteiger partial charge in [0, 0.05) is 26.7 Å². The van der Waals surface area contributed by atoms with Gasteiger partial charge in [-0.25, -0.2) is 9.59 Å². The van der Waals surface area contributed by atoms with Crippen molar-refractivity contribution in [2.24, 2.45) is 5.73 Å². The van der Waals surface area contributed by atoms with Crippen LogP contribution < -0.4 is 11.1 Å². The molecule has 0 aromatic rings. The first-order valence-electron chi connectivity index (χ1n) is 6.05. The number of amides is 3. The number of nitrogens with zero attached hydrogens (tertiary/aromatic N) is 1. The summed E-state index contributed by atoms with van der Waals surface area (Å²) in [5, 5.41) is 11.4. The van der Waals surface area contributed by atoms with E-state index in [0.717, 1.165) is 0 Å². The van der Waals surface area contributed by atoms with Crippen LogP contribution in [0.5, 0.6) is 0 Å². The summed E-state index contributed by atoms with van der Waals surface area (Å²) in [4.78, 5) is 35.4. The number of carboxylic acid groups (broad SMARTS) is 1. The Morgan fingerprint density at radius 3 is 2.74 bits per heavy atom. The van der Waals surface area contributed by atoms with Gasteiger partial charge in [-0.2, -0.15) is 0 Å². The van der Waals surface area contributed by atoms with Gasteiger partial charge in [-0.15, -0.1) is 0 Å². The summed E-state index contributed by atoms with van der Waals surface area (Å²) >= 11 is 0. The van der Waals surface area contributed by atoms with Gasteiger partial charge in [-0.1, -0.05) is 0 Å². The number of carbonyl (C=O) groups excluding carboxylic acids is 2. The van der Waals surface area contributed by atoms with Crippen LogP contribution >= 0.6 is 0 Å². The number of aliphatic carboxylic acids is 1. The number of nitrogens with one attached hydrogen (secondary N) is 1. The molecule has 0 bridgehead atoms. The van der Waals surface area contributed by atoms with E-state index in [9.17, 15) is 14.4 Å². The normalized spacial score (nSPS) is 20.1. The Bertz CT molecular complexity index is 360. The van der Waals surface area contributed by atoms with Crippen LogP contribution in [0, 0.1) is 0 Å². The molecule has 19 heavy (non-hydrogen) atoms. The molecule has 1 fully saturated rings. The van der Waals surface area contributed by atoms with E-state index in [1.165, 1.54) is 12.0 Å². The van der Waals surface area contributed by atoms with Crippen molar-refractivity contribution >= 4 is 17.9 Å². The zero-order valence-corrected chi connectivity index (χ0v) is 10.8. The molecule has 2 atom stereocenters. The molecule has 2 unspecified atom stereocenters. The van der Waals surface area contributed by atoms with Crippen molar-refractivity contribution in [3.8, 4) is 0 Å². The van der Waals surface area contributed by atoms with Crippen LogP contribution in [0.3, 0.4) is 0 Å². The molecule has 1 aliphatic heterocycles. The predicted octanol–water partition coefficient (Wildman–Crippen LogP) is -0.865. The molecule has 0 radical (unpaired) electrons. The quantitative estimate of drug-likeness (QED) is 0.581. The summed E-state index contributed by atoms with van der Waals surface area (Å²) in [5.41, 5.74) is 5.20. The van der Waals surface area contributed by atoms with Crippen LogP contribution in [0.2, 0.25) is 0 Å². The molecule has 3 amide bonds. The number of likely N-dealkylation sites (tertiary alicyclic amines) is 1. The number of methoxy groups -OCH3 is 1. The highest BCUT2D eigenvalue weighted by Crippen LogP contribution is 2.16. The van der Waals surface area contributed by atoms with E-state index in [2.05, 4.69) is 5.32 Å². The van der Waals surface area contributed by atoms with E-state index in [-0.39, 0.29) is 13.0 Å². The van der Waals surface area contributed by atoms with Gasteiger partial charge in [-0.3, -0.25) is 4.79 Å². The van der Waals surface area contributed by atoms with Crippen LogP contribution in [-0.2, 0) is 14.3 Å². The van der Waals surface area contributed by atoms with Gasteiger partial charge in [0.1, 0.15) is 12.1 Å². The first-order valence-corrected chi connectivity index (χ1v) is 6.05. The number of rotatable bonds is 6. The molecule has 108 valence electrons. The van der Waals surface area contributed by atoms with Crippen LogP contribution in [0.15, 0.2) is 0 Å². The zero-order valence-electron chi connectivity index (χ0n) is 10.8. The van der Waals surface area contributed by atoms with Crippen LogP contribution in [-0.4, -0.2) is 60.3 Å². The van der Waals surface area contributed by atoms with E-state index in [0.29, 0.717) is 19.4 Å². The van der Waals surface area contributed by atoms with Crippen molar-refractivity contribution in [3.63, 3.8) is 0 Å². The Kier molecular flexibility index (Phi) is 5.56. The average Bonchev–Trinajstić information content (AvgIpc) is 2.83. The maximum absolute atomic E-state index is 11.9. The van der Waals surface area contributed by atoms with Crippen molar-refractivity contribution in [1.29, 1.82) is 0 Å². The lowest BCUT2D eigenvalue weighted by atomic mass is 10.2. The molecule has 8 heteroatoms. The lowest BCUT2D eigenvalue weighted by Crippen LogP contribution is -2.52.